The van der Waals surface area contributed by atoms with E-state index in [-0.39, 0.29) is 25.3 Å². The molecule has 0 aliphatic carbocycles. The van der Waals surface area contributed by atoms with E-state index in [2.05, 4.69) is 11.8 Å². The Hall–Kier alpha value is -2.10. The van der Waals surface area contributed by atoms with Crippen molar-refractivity contribution in [2.45, 2.75) is 38.6 Å². The highest BCUT2D eigenvalue weighted by atomic mass is 19.1. The van der Waals surface area contributed by atoms with Gasteiger partial charge in [0, 0.05) is 13.5 Å². The molecule has 0 bridgehead atoms. The van der Waals surface area contributed by atoms with Crippen LogP contribution in [0.3, 0.4) is 0 Å². The van der Waals surface area contributed by atoms with E-state index in [0.717, 1.165) is 19.3 Å². The average Bonchev–Trinajstić information content (AvgIpc) is 2.58. The second-order valence-electron chi connectivity index (χ2n) is 5.29. The lowest BCUT2D eigenvalue weighted by Crippen LogP contribution is -2.23. The summed E-state index contributed by atoms with van der Waals surface area (Å²) in [6.45, 7) is 2.26. The van der Waals surface area contributed by atoms with Gasteiger partial charge in [0.25, 0.3) is 0 Å². The van der Waals surface area contributed by atoms with Gasteiger partial charge in [-0.3, -0.25) is 4.79 Å². The topological polar surface area (TPSA) is 54.0 Å². The van der Waals surface area contributed by atoms with Crippen LogP contribution in [0.4, 0.5) is 4.39 Å². The van der Waals surface area contributed by atoms with Crippen molar-refractivity contribution in [3.05, 3.63) is 30.1 Å². The molecule has 0 amide bonds. The first-order valence-corrected chi connectivity index (χ1v) is 7.90. The summed E-state index contributed by atoms with van der Waals surface area (Å²) in [5, 5.41) is 0. The fourth-order valence-corrected chi connectivity index (χ4v) is 2.14. The standard InChI is InChI=1S/C18H21FO5/c1-14(20)24-17(13-23-16-9-7-15(19)8-10-16)5-4-12-22-18-6-2-3-11-21-18/h7-10,17-18H,2-3,6,11-13H2,1H3/t17-,18+/m1/s1. The smallest absolute Gasteiger partial charge is 0.303 e. The number of esters is 1. The van der Waals surface area contributed by atoms with Crippen molar-refractivity contribution in [2.75, 3.05) is 19.8 Å². The van der Waals surface area contributed by atoms with Gasteiger partial charge in [-0.2, -0.15) is 0 Å². The number of halogens is 1. The van der Waals surface area contributed by atoms with Gasteiger partial charge in [-0.1, -0.05) is 11.8 Å². The Balaban J connectivity index is 1.80. The highest BCUT2D eigenvalue weighted by molar-refractivity contribution is 5.66. The minimum atomic E-state index is -0.719. The maximum atomic E-state index is 12.8. The predicted molar refractivity (Wildman–Crippen MR) is 84.8 cm³/mol. The molecule has 5 nitrogen and oxygen atoms in total. The van der Waals surface area contributed by atoms with Gasteiger partial charge < -0.3 is 18.9 Å². The third-order valence-corrected chi connectivity index (χ3v) is 3.27. The molecule has 1 aromatic carbocycles. The van der Waals surface area contributed by atoms with E-state index in [9.17, 15) is 9.18 Å². The molecule has 1 saturated heterocycles. The zero-order chi connectivity index (χ0) is 17.2. The largest absolute Gasteiger partial charge is 0.489 e. The van der Waals surface area contributed by atoms with Crippen molar-refractivity contribution >= 4 is 5.97 Å². The Morgan fingerprint density at radius 3 is 2.83 bits per heavy atom. The Labute approximate surface area is 141 Å². The molecule has 0 unspecified atom stereocenters. The monoisotopic (exact) mass is 336 g/mol. The van der Waals surface area contributed by atoms with Crippen LogP contribution in [-0.4, -0.2) is 38.2 Å². The maximum Gasteiger partial charge on any atom is 0.303 e. The van der Waals surface area contributed by atoms with Crippen LogP contribution >= 0.6 is 0 Å². The van der Waals surface area contributed by atoms with Crippen LogP contribution in [0.15, 0.2) is 24.3 Å². The van der Waals surface area contributed by atoms with Crippen molar-refractivity contribution < 1.29 is 28.1 Å². The molecule has 2 rings (SSSR count). The molecule has 1 aliphatic heterocycles. The zero-order valence-corrected chi connectivity index (χ0v) is 13.6. The second kappa shape index (κ2) is 9.91. The van der Waals surface area contributed by atoms with Crippen molar-refractivity contribution in [3.8, 4) is 17.6 Å². The Morgan fingerprint density at radius 1 is 1.38 bits per heavy atom. The second-order valence-corrected chi connectivity index (χ2v) is 5.29. The van der Waals surface area contributed by atoms with E-state index in [4.69, 9.17) is 18.9 Å². The van der Waals surface area contributed by atoms with Gasteiger partial charge in [-0.05, 0) is 43.5 Å². The quantitative estimate of drug-likeness (QED) is 0.590. The molecule has 2 atom stereocenters. The number of carbonyl (C=O) groups excluding carboxylic acids is 1. The fraction of sp³-hybridized carbons (Fsp3) is 0.500. The van der Waals surface area contributed by atoms with E-state index < -0.39 is 12.1 Å². The average molecular weight is 336 g/mol. The SMILES string of the molecule is CC(=O)O[C@H](C#CCO[C@H]1CCCCO1)COc1ccc(F)cc1. The molecule has 24 heavy (non-hydrogen) atoms. The predicted octanol–water partition coefficient (Wildman–Crippen LogP) is 2.68. The molecule has 0 aromatic heterocycles. The summed E-state index contributed by atoms with van der Waals surface area (Å²) in [4.78, 5) is 11.1. The molecule has 1 aliphatic rings. The lowest BCUT2D eigenvalue weighted by atomic mass is 10.2. The third kappa shape index (κ3) is 6.99. The van der Waals surface area contributed by atoms with E-state index in [1.807, 2.05) is 0 Å². The van der Waals surface area contributed by atoms with E-state index in [1.54, 1.807) is 0 Å². The maximum absolute atomic E-state index is 12.8. The number of hydrogen-bond acceptors (Lipinski definition) is 5. The normalized spacial score (nSPS) is 18.2. The summed E-state index contributed by atoms with van der Waals surface area (Å²) < 4.78 is 34.3. The minimum absolute atomic E-state index is 0.0537. The van der Waals surface area contributed by atoms with Crippen molar-refractivity contribution in [1.82, 2.24) is 0 Å². The molecule has 1 aromatic rings. The summed E-state index contributed by atoms with van der Waals surface area (Å²) >= 11 is 0. The first kappa shape index (κ1) is 18.2. The molecule has 130 valence electrons. The first-order valence-electron chi connectivity index (χ1n) is 7.90. The first-order chi connectivity index (χ1) is 11.6. The third-order valence-electron chi connectivity index (χ3n) is 3.27. The fourth-order valence-electron chi connectivity index (χ4n) is 2.14. The summed E-state index contributed by atoms with van der Waals surface area (Å²) in [6, 6.07) is 5.58. The Kier molecular flexibility index (Phi) is 7.53. The summed E-state index contributed by atoms with van der Waals surface area (Å²) in [6.07, 6.45) is 2.07. The molecular formula is C18H21FO5. The number of benzene rings is 1. The van der Waals surface area contributed by atoms with Gasteiger partial charge in [-0.15, -0.1) is 0 Å². The Bertz CT molecular complexity index is 569. The van der Waals surface area contributed by atoms with Crippen LogP contribution in [0.25, 0.3) is 0 Å². The van der Waals surface area contributed by atoms with Gasteiger partial charge >= 0.3 is 5.97 Å². The number of hydrogen-bond donors (Lipinski definition) is 0. The van der Waals surface area contributed by atoms with Crippen molar-refractivity contribution in [2.24, 2.45) is 0 Å². The summed E-state index contributed by atoms with van der Waals surface area (Å²) in [5.74, 6) is 5.29. The van der Waals surface area contributed by atoms with Crippen molar-refractivity contribution in [3.63, 3.8) is 0 Å². The lowest BCUT2D eigenvalue weighted by molar-refractivity contribution is -0.154. The number of rotatable bonds is 6. The van der Waals surface area contributed by atoms with Crippen LogP contribution in [0.2, 0.25) is 0 Å². The molecule has 0 N–H and O–H groups in total. The highest BCUT2D eigenvalue weighted by Gasteiger charge is 2.13. The van der Waals surface area contributed by atoms with Crippen LogP contribution in [0, 0.1) is 17.7 Å². The van der Waals surface area contributed by atoms with E-state index >= 15 is 0 Å². The lowest BCUT2D eigenvalue weighted by Gasteiger charge is -2.21. The molecule has 0 radical (unpaired) electrons. The summed E-state index contributed by atoms with van der Waals surface area (Å²) in [5.41, 5.74) is 0. The highest BCUT2D eigenvalue weighted by Crippen LogP contribution is 2.13. The van der Waals surface area contributed by atoms with Crippen LogP contribution in [-0.2, 0) is 19.0 Å². The molecule has 1 fully saturated rings. The van der Waals surface area contributed by atoms with E-state index in [1.165, 1.54) is 31.2 Å². The molecule has 0 saturated carbocycles. The molecule has 0 spiro atoms. The van der Waals surface area contributed by atoms with Gasteiger partial charge in [0.2, 0.25) is 0 Å². The van der Waals surface area contributed by atoms with Crippen molar-refractivity contribution in [1.29, 1.82) is 0 Å². The Morgan fingerprint density at radius 2 is 2.17 bits per heavy atom. The molecular weight excluding hydrogens is 315 g/mol. The minimum Gasteiger partial charge on any atom is -0.489 e. The van der Waals surface area contributed by atoms with Gasteiger partial charge in [0.1, 0.15) is 24.8 Å². The van der Waals surface area contributed by atoms with Crippen LogP contribution in [0.1, 0.15) is 26.2 Å². The van der Waals surface area contributed by atoms with Gasteiger partial charge in [-0.25, -0.2) is 4.39 Å². The van der Waals surface area contributed by atoms with Gasteiger partial charge in [0.15, 0.2) is 12.4 Å². The van der Waals surface area contributed by atoms with Gasteiger partial charge in [0.05, 0.1) is 0 Å². The van der Waals surface area contributed by atoms with E-state index in [0.29, 0.717) is 12.4 Å². The zero-order valence-electron chi connectivity index (χ0n) is 13.6. The number of ether oxygens (including phenoxy) is 4. The van der Waals surface area contributed by atoms with Crippen LogP contribution in [0.5, 0.6) is 5.75 Å². The molecule has 6 heteroatoms. The number of carbonyl (C=O) groups is 1. The molecule has 1 heterocycles. The summed E-state index contributed by atoms with van der Waals surface area (Å²) in [7, 11) is 0. The van der Waals surface area contributed by atoms with Crippen LogP contribution < -0.4 is 4.74 Å².